The van der Waals surface area contributed by atoms with E-state index in [0.29, 0.717) is 6.04 Å². The molecule has 0 aromatic carbocycles. The second-order valence-electron chi connectivity index (χ2n) is 7.78. The molecule has 2 rings (SSSR count). The molecule has 2 fully saturated rings. The third-order valence-corrected chi connectivity index (χ3v) is 6.09. The second kappa shape index (κ2) is 8.34. The summed E-state index contributed by atoms with van der Waals surface area (Å²) in [4.78, 5) is 6.81. The first-order chi connectivity index (χ1) is 10.3. The van der Waals surface area contributed by atoms with Crippen molar-refractivity contribution in [3.05, 3.63) is 0 Å². The van der Waals surface area contributed by atoms with Gasteiger partial charge in [0.1, 0.15) is 0 Å². The van der Waals surface area contributed by atoms with Crippen LogP contribution >= 0.6 is 24.0 Å². The van der Waals surface area contributed by atoms with Gasteiger partial charge in [-0.3, -0.25) is 4.99 Å². The summed E-state index contributed by atoms with van der Waals surface area (Å²) in [5, 5.41) is 7.09. The van der Waals surface area contributed by atoms with Gasteiger partial charge in [-0.2, -0.15) is 0 Å². The van der Waals surface area contributed by atoms with E-state index >= 15 is 0 Å². The molecule has 0 amide bonds. The molecule has 3 atom stereocenters. The van der Waals surface area contributed by atoms with Crippen molar-refractivity contribution in [2.45, 2.75) is 51.7 Å². The maximum atomic E-state index is 5.70. The maximum Gasteiger partial charge on any atom is 0.191 e. The lowest BCUT2D eigenvalue weighted by molar-refractivity contribution is -0.176. The van der Waals surface area contributed by atoms with Crippen LogP contribution in [0.4, 0.5) is 0 Å². The average molecular weight is 438 g/mol. The molecule has 0 aromatic heterocycles. The molecular weight excluding hydrogens is 403 g/mol. The Bertz CT molecular complexity index is 415. The van der Waals surface area contributed by atoms with Crippen LogP contribution in [0.1, 0.15) is 40.0 Å². The number of hydrogen-bond acceptors (Lipinski definition) is 3. The molecule has 3 unspecified atom stereocenters. The zero-order chi connectivity index (χ0) is 16.4. The van der Waals surface area contributed by atoms with Crippen molar-refractivity contribution < 1.29 is 4.74 Å². The zero-order valence-electron chi connectivity index (χ0n) is 15.6. The predicted molar refractivity (Wildman–Crippen MR) is 108 cm³/mol. The highest BCUT2D eigenvalue weighted by Crippen LogP contribution is 2.51. The van der Waals surface area contributed by atoms with Crippen LogP contribution in [-0.4, -0.2) is 63.3 Å². The summed E-state index contributed by atoms with van der Waals surface area (Å²) in [5.41, 5.74) is 0.0556. The molecule has 136 valence electrons. The Balaban J connectivity index is 0.00000264. The van der Waals surface area contributed by atoms with Gasteiger partial charge in [-0.1, -0.05) is 13.8 Å². The summed E-state index contributed by atoms with van der Waals surface area (Å²) in [6, 6.07) is 0.401. The topological polar surface area (TPSA) is 48.9 Å². The van der Waals surface area contributed by atoms with Crippen LogP contribution in [0.15, 0.2) is 4.99 Å². The standard InChI is InChI=1S/C17H34N4O.HI/c1-16(2)14(10-17(16,3)22-6)20-15(18-4)19-11-13-8-7-9-21(5)12-13;/h13-14H,7-12H2,1-6H3,(H2,18,19,20);1H. The SMILES string of the molecule is CN=C(NCC1CCCN(C)C1)NC1CC(C)(OC)C1(C)C.I. The summed E-state index contributed by atoms with van der Waals surface area (Å²) in [7, 11) is 5.87. The van der Waals surface area contributed by atoms with Gasteiger partial charge < -0.3 is 20.3 Å². The molecule has 0 radical (unpaired) electrons. The van der Waals surface area contributed by atoms with E-state index in [1.54, 1.807) is 0 Å². The van der Waals surface area contributed by atoms with Crippen LogP contribution in [0.2, 0.25) is 0 Å². The first kappa shape index (κ1) is 21.0. The van der Waals surface area contributed by atoms with Crippen LogP contribution in [0.5, 0.6) is 0 Å². The fraction of sp³-hybridized carbons (Fsp3) is 0.941. The van der Waals surface area contributed by atoms with Crippen LogP contribution in [0.3, 0.4) is 0 Å². The van der Waals surface area contributed by atoms with Crippen molar-refractivity contribution in [3.8, 4) is 0 Å². The van der Waals surface area contributed by atoms with Crippen molar-refractivity contribution in [1.29, 1.82) is 0 Å². The normalized spacial score (nSPS) is 34.3. The molecule has 2 aliphatic rings. The van der Waals surface area contributed by atoms with Crippen LogP contribution in [0, 0.1) is 11.3 Å². The lowest BCUT2D eigenvalue weighted by Gasteiger charge is -2.59. The highest BCUT2D eigenvalue weighted by atomic mass is 127. The third kappa shape index (κ3) is 4.51. The first-order valence-electron chi connectivity index (χ1n) is 8.53. The van der Waals surface area contributed by atoms with E-state index in [1.165, 1.54) is 25.9 Å². The molecule has 0 spiro atoms. The number of ether oxygens (including phenoxy) is 1. The molecule has 6 heteroatoms. The minimum Gasteiger partial charge on any atom is -0.378 e. The lowest BCUT2D eigenvalue weighted by Crippen LogP contribution is -2.69. The number of nitrogens with one attached hydrogen (secondary N) is 2. The van der Waals surface area contributed by atoms with E-state index in [4.69, 9.17) is 4.74 Å². The molecule has 2 N–H and O–H groups in total. The summed E-state index contributed by atoms with van der Waals surface area (Å²) in [6.45, 7) is 10.1. The molecule has 1 heterocycles. The van der Waals surface area contributed by atoms with Gasteiger partial charge in [0.25, 0.3) is 0 Å². The van der Waals surface area contributed by atoms with Gasteiger partial charge >= 0.3 is 0 Å². The number of halogens is 1. The van der Waals surface area contributed by atoms with Gasteiger partial charge in [-0.25, -0.2) is 0 Å². The monoisotopic (exact) mass is 438 g/mol. The van der Waals surface area contributed by atoms with E-state index in [1.807, 2.05) is 14.2 Å². The lowest BCUT2D eigenvalue weighted by atomic mass is 9.56. The minimum absolute atomic E-state index is 0. The van der Waals surface area contributed by atoms with Crippen LogP contribution in [-0.2, 0) is 4.74 Å². The molecular formula is C17H35IN4O. The highest BCUT2D eigenvalue weighted by molar-refractivity contribution is 14.0. The smallest absolute Gasteiger partial charge is 0.191 e. The van der Waals surface area contributed by atoms with Crippen molar-refractivity contribution in [3.63, 3.8) is 0 Å². The van der Waals surface area contributed by atoms with Gasteiger partial charge in [0.15, 0.2) is 5.96 Å². The van der Waals surface area contributed by atoms with Gasteiger partial charge in [-0.15, -0.1) is 24.0 Å². The fourth-order valence-corrected chi connectivity index (χ4v) is 3.76. The molecule has 23 heavy (non-hydrogen) atoms. The van der Waals surface area contributed by atoms with Crippen molar-refractivity contribution in [1.82, 2.24) is 15.5 Å². The second-order valence-corrected chi connectivity index (χ2v) is 7.78. The summed E-state index contributed by atoms with van der Waals surface area (Å²) in [6.07, 6.45) is 3.63. The van der Waals surface area contributed by atoms with E-state index in [0.717, 1.165) is 24.8 Å². The van der Waals surface area contributed by atoms with Gasteiger partial charge in [-0.05, 0) is 45.7 Å². The number of hydrogen-bond donors (Lipinski definition) is 2. The zero-order valence-corrected chi connectivity index (χ0v) is 17.9. The molecule has 5 nitrogen and oxygen atoms in total. The predicted octanol–water partition coefficient (Wildman–Crippen LogP) is 2.31. The number of aliphatic imine (C=N–C) groups is 1. The summed E-state index contributed by atoms with van der Waals surface area (Å²) in [5.74, 6) is 1.64. The Morgan fingerprint density at radius 1 is 1.35 bits per heavy atom. The van der Waals surface area contributed by atoms with Crippen molar-refractivity contribution >= 4 is 29.9 Å². The largest absolute Gasteiger partial charge is 0.378 e. The number of rotatable bonds is 4. The maximum absolute atomic E-state index is 5.70. The molecule has 0 bridgehead atoms. The van der Waals surface area contributed by atoms with Gasteiger partial charge in [0.05, 0.1) is 5.60 Å². The molecule has 1 saturated heterocycles. The van der Waals surface area contributed by atoms with Gasteiger partial charge in [0, 0.05) is 38.7 Å². The molecule has 1 saturated carbocycles. The van der Waals surface area contributed by atoms with Crippen molar-refractivity contribution in [2.24, 2.45) is 16.3 Å². The third-order valence-electron chi connectivity index (χ3n) is 6.09. The summed E-state index contributed by atoms with van der Waals surface area (Å²) < 4.78 is 5.70. The summed E-state index contributed by atoms with van der Waals surface area (Å²) >= 11 is 0. The van der Waals surface area contributed by atoms with E-state index in [-0.39, 0.29) is 35.0 Å². The number of likely N-dealkylation sites (tertiary alicyclic amines) is 1. The first-order valence-corrected chi connectivity index (χ1v) is 8.53. The highest BCUT2D eigenvalue weighted by Gasteiger charge is 2.58. The van der Waals surface area contributed by atoms with Gasteiger partial charge in [0.2, 0.25) is 0 Å². The number of piperidine rings is 1. The van der Waals surface area contributed by atoms with Crippen LogP contribution < -0.4 is 10.6 Å². The number of nitrogens with zero attached hydrogens (tertiary/aromatic N) is 2. The fourth-order valence-electron chi connectivity index (χ4n) is 3.76. The Labute approximate surface area is 159 Å². The average Bonchev–Trinajstić information content (AvgIpc) is 2.50. The quantitative estimate of drug-likeness (QED) is 0.402. The Morgan fingerprint density at radius 2 is 2.04 bits per heavy atom. The molecule has 1 aliphatic carbocycles. The Kier molecular flexibility index (Phi) is 7.60. The van der Waals surface area contributed by atoms with E-state index in [2.05, 4.69) is 48.3 Å². The number of methoxy groups -OCH3 is 1. The molecule has 0 aromatic rings. The Hall–Kier alpha value is -0.0800. The Morgan fingerprint density at radius 3 is 2.57 bits per heavy atom. The van der Waals surface area contributed by atoms with Crippen LogP contribution in [0.25, 0.3) is 0 Å². The molecule has 1 aliphatic heterocycles. The number of guanidine groups is 1. The van der Waals surface area contributed by atoms with Crippen molar-refractivity contribution in [2.75, 3.05) is 40.8 Å². The van der Waals surface area contributed by atoms with E-state index < -0.39 is 0 Å². The minimum atomic E-state index is -0.0460. The van der Waals surface area contributed by atoms with E-state index in [9.17, 15) is 0 Å².